The highest BCUT2D eigenvalue weighted by molar-refractivity contribution is 5.78. The average molecular weight is 233 g/mol. The van der Waals surface area contributed by atoms with Crippen LogP contribution in [0.3, 0.4) is 0 Å². The monoisotopic (exact) mass is 233 g/mol. The van der Waals surface area contributed by atoms with Crippen LogP contribution in [0.25, 0.3) is 11.1 Å². The first-order chi connectivity index (χ1) is 8.00. The van der Waals surface area contributed by atoms with Crippen LogP contribution in [-0.4, -0.2) is 10.5 Å². The lowest BCUT2D eigenvalue weighted by atomic mass is 9.99. The van der Waals surface area contributed by atoms with E-state index in [2.05, 4.69) is 31.1 Å². The molecule has 17 heavy (non-hydrogen) atoms. The lowest BCUT2D eigenvalue weighted by molar-refractivity contribution is 0.483. The maximum Gasteiger partial charge on any atom is 0.296 e. The fourth-order valence-electron chi connectivity index (χ4n) is 1.97. The number of aromatic nitrogens is 1. The van der Waals surface area contributed by atoms with Gasteiger partial charge in [-0.3, -0.25) is 0 Å². The van der Waals surface area contributed by atoms with Gasteiger partial charge in [0.05, 0.1) is 0 Å². The first kappa shape index (κ1) is 11.8. The standard InChI is InChI=1S/C13H19N3O/c1-4-7-13(2,3)16-12-15-10-8-9(14)5-6-11(10)17-12/h5-6,8H,4,7,14H2,1-3H3,(H,15,16). The molecule has 2 rings (SSSR count). The number of nitrogens with one attached hydrogen (secondary N) is 1. The number of hydrogen-bond donors (Lipinski definition) is 2. The molecule has 1 aromatic carbocycles. The zero-order valence-corrected chi connectivity index (χ0v) is 10.6. The van der Waals surface area contributed by atoms with E-state index in [-0.39, 0.29) is 5.54 Å². The third-order valence-corrected chi connectivity index (χ3v) is 2.73. The van der Waals surface area contributed by atoms with Crippen LogP contribution in [0.1, 0.15) is 33.6 Å². The highest BCUT2D eigenvalue weighted by Gasteiger charge is 2.19. The second kappa shape index (κ2) is 4.28. The number of anilines is 2. The van der Waals surface area contributed by atoms with Crippen molar-refractivity contribution in [3.05, 3.63) is 18.2 Å². The molecule has 0 aliphatic heterocycles. The third-order valence-electron chi connectivity index (χ3n) is 2.73. The topological polar surface area (TPSA) is 64.1 Å². The van der Waals surface area contributed by atoms with Gasteiger partial charge in [-0.05, 0) is 38.5 Å². The van der Waals surface area contributed by atoms with Gasteiger partial charge in [0.25, 0.3) is 6.01 Å². The number of hydrogen-bond acceptors (Lipinski definition) is 4. The first-order valence-corrected chi connectivity index (χ1v) is 5.94. The lowest BCUT2D eigenvalue weighted by Gasteiger charge is -2.24. The van der Waals surface area contributed by atoms with Crippen LogP contribution < -0.4 is 11.1 Å². The van der Waals surface area contributed by atoms with Crippen LogP contribution in [0.4, 0.5) is 11.7 Å². The third kappa shape index (κ3) is 2.70. The van der Waals surface area contributed by atoms with Gasteiger partial charge in [-0.25, -0.2) is 0 Å². The van der Waals surface area contributed by atoms with E-state index in [1.165, 1.54) is 0 Å². The second-order valence-electron chi connectivity index (χ2n) is 5.01. The van der Waals surface area contributed by atoms with Gasteiger partial charge in [-0.15, -0.1) is 0 Å². The summed E-state index contributed by atoms with van der Waals surface area (Å²) >= 11 is 0. The highest BCUT2D eigenvalue weighted by atomic mass is 16.4. The molecular weight excluding hydrogens is 214 g/mol. The van der Waals surface area contributed by atoms with Crippen LogP contribution in [0, 0.1) is 0 Å². The molecule has 0 radical (unpaired) electrons. The van der Waals surface area contributed by atoms with Crippen LogP contribution in [0.15, 0.2) is 22.6 Å². The van der Waals surface area contributed by atoms with Crippen LogP contribution in [0.2, 0.25) is 0 Å². The molecule has 92 valence electrons. The summed E-state index contributed by atoms with van der Waals surface area (Å²) in [6, 6.07) is 6.03. The summed E-state index contributed by atoms with van der Waals surface area (Å²) in [5.41, 5.74) is 7.94. The Hall–Kier alpha value is -1.71. The SMILES string of the molecule is CCCC(C)(C)Nc1nc2cc(N)ccc2o1. The van der Waals surface area contributed by atoms with Crippen molar-refractivity contribution < 1.29 is 4.42 Å². The minimum atomic E-state index is -0.0127. The molecule has 0 atom stereocenters. The van der Waals surface area contributed by atoms with Crippen molar-refractivity contribution in [3.63, 3.8) is 0 Å². The van der Waals surface area contributed by atoms with Gasteiger partial charge in [0, 0.05) is 11.2 Å². The summed E-state index contributed by atoms with van der Waals surface area (Å²) < 4.78 is 5.63. The largest absolute Gasteiger partial charge is 0.424 e. The number of fused-ring (bicyclic) bond motifs is 1. The molecule has 1 heterocycles. The molecule has 0 aliphatic carbocycles. The molecule has 0 fully saturated rings. The predicted molar refractivity (Wildman–Crippen MR) is 71.0 cm³/mol. The summed E-state index contributed by atoms with van der Waals surface area (Å²) in [5, 5.41) is 3.31. The molecule has 4 nitrogen and oxygen atoms in total. The van der Waals surface area contributed by atoms with Gasteiger partial charge in [0.2, 0.25) is 0 Å². The van der Waals surface area contributed by atoms with E-state index >= 15 is 0 Å². The maximum absolute atomic E-state index is 5.71. The van der Waals surface area contributed by atoms with Crippen LogP contribution in [0.5, 0.6) is 0 Å². The van der Waals surface area contributed by atoms with E-state index in [0.29, 0.717) is 11.7 Å². The Balaban J connectivity index is 2.25. The number of oxazole rings is 1. The van der Waals surface area contributed by atoms with E-state index in [1.807, 2.05) is 18.2 Å². The number of rotatable bonds is 4. The predicted octanol–water partition coefficient (Wildman–Crippen LogP) is 3.40. The minimum Gasteiger partial charge on any atom is -0.424 e. The molecular formula is C13H19N3O. The minimum absolute atomic E-state index is 0.0127. The molecule has 2 aromatic rings. The van der Waals surface area contributed by atoms with E-state index in [4.69, 9.17) is 10.2 Å². The Kier molecular flexibility index (Phi) is 2.96. The molecule has 0 amide bonds. The molecule has 0 unspecified atom stereocenters. The van der Waals surface area contributed by atoms with Crippen molar-refractivity contribution in [3.8, 4) is 0 Å². The van der Waals surface area contributed by atoms with Crippen molar-refractivity contribution in [2.24, 2.45) is 0 Å². The van der Waals surface area contributed by atoms with E-state index in [1.54, 1.807) is 0 Å². The van der Waals surface area contributed by atoms with Crippen molar-refractivity contribution in [2.45, 2.75) is 39.2 Å². The fraction of sp³-hybridized carbons (Fsp3) is 0.462. The lowest BCUT2D eigenvalue weighted by Crippen LogP contribution is -2.30. The Morgan fingerprint density at radius 1 is 1.41 bits per heavy atom. The molecule has 0 saturated heterocycles. The molecule has 0 saturated carbocycles. The van der Waals surface area contributed by atoms with E-state index in [9.17, 15) is 0 Å². The van der Waals surface area contributed by atoms with Crippen molar-refractivity contribution in [2.75, 3.05) is 11.1 Å². The number of nitrogen functional groups attached to an aromatic ring is 1. The summed E-state index contributed by atoms with van der Waals surface area (Å²) in [7, 11) is 0. The average Bonchev–Trinajstić information content (AvgIpc) is 2.57. The molecule has 0 spiro atoms. The van der Waals surface area contributed by atoms with Crippen molar-refractivity contribution in [1.29, 1.82) is 0 Å². The van der Waals surface area contributed by atoms with Gasteiger partial charge in [0.1, 0.15) is 5.52 Å². The van der Waals surface area contributed by atoms with Crippen molar-refractivity contribution >= 4 is 22.8 Å². The summed E-state index contributed by atoms with van der Waals surface area (Å²) in [5.74, 6) is 0. The number of benzene rings is 1. The van der Waals surface area contributed by atoms with Crippen LogP contribution in [-0.2, 0) is 0 Å². The van der Waals surface area contributed by atoms with E-state index in [0.717, 1.165) is 23.9 Å². The zero-order valence-electron chi connectivity index (χ0n) is 10.6. The Morgan fingerprint density at radius 2 is 2.18 bits per heavy atom. The zero-order chi connectivity index (χ0) is 12.5. The van der Waals surface area contributed by atoms with Crippen molar-refractivity contribution in [1.82, 2.24) is 4.98 Å². The quantitative estimate of drug-likeness (QED) is 0.794. The molecule has 0 bridgehead atoms. The highest BCUT2D eigenvalue weighted by Crippen LogP contribution is 2.24. The summed E-state index contributed by atoms with van der Waals surface area (Å²) in [4.78, 5) is 4.38. The maximum atomic E-state index is 5.71. The Morgan fingerprint density at radius 3 is 2.88 bits per heavy atom. The van der Waals surface area contributed by atoms with Gasteiger partial charge < -0.3 is 15.5 Å². The Bertz CT molecular complexity index is 516. The molecule has 4 heteroatoms. The Labute approximate surface area is 101 Å². The summed E-state index contributed by atoms with van der Waals surface area (Å²) in [6.07, 6.45) is 2.18. The molecule has 3 N–H and O–H groups in total. The smallest absolute Gasteiger partial charge is 0.296 e. The van der Waals surface area contributed by atoms with Gasteiger partial charge >= 0.3 is 0 Å². The van der Waals surface area contributed by atoms with Crippen LogP contribution >= 0.6 is 0 Å². The summed E-state index contributed by atoms with van der Waals surface area (Å²) in [6.45, 7) is 6.44. The first-order valence-electron chi connectivity index (χ1n) is 5.94. The van der Waals surface area contributed by atoms with Gasteiger partial charge in [0.15, 0.2) is 5.58 Å². The number of nitrogens with zero attached hydrogens (tertiary/aromatic N) is 1. The molecule has 1 aromatic heterocycles. The second-order valence-corrected chi connectivity index (χ2v) is 5.01. The normalized spacial score (nSPS) is 11.9. The fourth-order valence-corrected chi connectivity index (χ4v) is 1.97. The molecule has 0 aliphatic rings. The van der Waals surface area contributed by atoms with Gasteiger partial charge in [-0.2, -0.15) is 4.98 Å². The number of nitrogens with two attached hydrogens (primary N) is 1. The van der Waals surface area contributed by atoms with E-state index < -0.39 is 0 Å². The van der Waals surface area contributed by atoms with Gasteiger partial charge in [-0.1, -0.05) is 13.3 Å².